The van der Waals surface area contributed by atoms with Gasteiger partial charge in [0.25, 0.3) is 0 Å². The molecule has 11 aliphatic rings. The Kier molecular flexibility index (Phi) is 14.3. The molecule has 6 N–H and O–H groups in total. The lowest BCUT2D eigenvalue weighted by Gasteiger charge is -2.75. The monoisotopic (exact) mass is 1170 g/mol. The second-order valence-corrected chi connectivity index (χ2v) is 32.7. The Labute approximate surface area is 506 Å². The smallest absolute Gasteiger partial charge is 0.160 e. The molecule has 0 bridgehead atoms. The van der Waals surface area contributed by atoms with Crippen molar-refractivity contribution < 1.29 is 44.3 Å². The first-order valence-electron chi connectivity index (χ1n) is 34.3. The highest BCUT2D eigenvalue weighted by Gasteiger charge is 2.78. The van der Waals surface area contributed by atoms with Gasteiger partial charge in [-0.1, -0.05) is 85.8 Å². The fraction of sp³-hybridized carbons (Fsp3) is 0.767. The molecule has 6 saturated carbocycles. The minimum atomic E-state index is -1.07. The Morgan fingerprint density at radius 1 is 0.859 bits per heavy atom. The third kappa shape index (κ3) is 8.65. The summed E-state index contributed by atoms with van der Waals surface area (Å²) in [5.74, 6) is -0.172. The van der Waals surface area contributed by atoms with E-state index in [2.05, 4.69) is 80.9 Å². The van der Waals surface area contributed by atoms with E-state index in [1.165, 1.54) is 24.8 Å². The van der Waals surface area contributed by atoms with E-state index >= 15 is 14.4 Å². The number of nitrogens with one attached hydrogen (secondary N) is 2. The van der Waals surface area contributed by atoms with E-state index in [1.807, 2.05) is 20.9 Å². The summed E-state index contributed by atoms with van der Waals surface area (Å²) in [4.78, 5) is 51.5. The molecule has 16 unspecified atom stereocenters. The summed E-state index contributed by atoms with van der Waals surface area (Å²) in [6.45, 7) is 19.4. The maximum Gasteiger partial charge on any atom is 0.160 e. The molecule has 2 aromatic heterocycles. The number of aromatic amines is 1. The quantitative estimate of drug-likeness (QED) is 0.107. The molecular formula is C73H103N3O9. The van der Waals surface area contributed by atoms with Crippen molar-refractivity contribution in [2.45, 2.75) is 270 Å². The molecular weight excluding hydrogens is 1060 g/mol. The number of carbonyl (C=O) groups excluding carboxylic acids is 3. The van der Waals surface area contributed by atoms with Crippen LogP contribution in [0.25, 0.3) is 11.0 Å². The summed E-state index contributed by atoms with van der Waals surface area (Å²) in [5, 5.41) is 55.5. The topological polar surface area (TPSA) is 187 Å². The third-order valence-corrected chi connectivity index (χ3v) is 27.6. The molecule has 2 spiro atoms. The van der Waals surface area contributed by atoms with Gasteiger partial charge in [0.15, 0.2) is 5.78 Å². The van der Waals surface area contributed by atoms with Crippen molar-refractivity contribution in [3.05, 3.63) is 69.1 Å². The van der Waals surface area contributed by atoms with Gasteiger partial charge in [-0.3, -0.25) is 14.4 Å². The molecule has 0 radical (unpaired) electrons. The van der Waals surface area contributed by atoms with Crippen molar-refractivity contribution in [3.63, 3.8) is 0 Å². The number of rotatable bonds is 10. The fourth-order valence-electron chi connectivity index (χ4n) is 23.0. The molecule has 85 heavy (non-hydrogen) atoms. The molecule has 3 aliphatic heterocycles. The van der Waals surface area contributed by atoms with E-state index < -0.39 is 73.8 Å². The number of ketones is 3. The number of nitrogens with zero attached hydrogens (tertiary/aromatic N) is 1. The van der Waals surface area contributed by atoms with Gasteiger partial charge >= 0.3 is 0 Å². The first-order valence-corrected chi connectivity index (χ1v) is 34.3. The minimum Gasteiger partial charge on any atom is -0.393 e. The van der Waals surface area contributed by atoms with Crippen LogP contribution in [0.15, 0.2) is 35.7 Å². The molecule has 2 saturated heterocycles. The summed E-state index contributed by atoms with van der Waals surface area (Å²) in [7, 11) is 2.04. The highest BCUT2D eigenvalue weighted by molar-refractivity contribution is 6.02. The first kappa shape index (κ1) is 59.2. The number of aromatic nitrogens is 2. The maximum absolute atomic E-state index is 16.1. The molecule has 464 valence electrons. The zero-order valence-corrected chi connectivity index (χ0v) is 53.1. The number of aryl methyl sites for hydroxylation is 1. The van der Waals surface area contributed by atoms with E-state index in [1.54, 1.807) is 0 Å². The van der Waals surface area contributed by atoms with Crippen molar-refractivity contribution in [1.82, 2.24) is 14.9 Å². The predicted molar refractivity (Wildman–Crippen MR) is 329 cm³/mol. The molecule has 12 heteroatoms. The summed E-state index contributed by atoms with van der Waals surface area (Å²) in [6, 6.07) is 4.97. The van der Waals surface area contributed by atoms with Crippen LogP contribution in [0.2, 0.25) is 0 Å². The van der Waals surface area contributed by atoms with Gasteiger partial charge < -0.3 is 44.8 Å². The number of Topliss-reactive ketones (excluding diaryl/α,β-unsaturated/α-hetero) is 3. The average molecular weight is 1170 g/mol. The largest absolute Gasteiger partial charge is 0.393 e. The SMILES string of the molecule is CNC1CCCC2(C1)C(=O)CC1(CCC(O)C1)C1(C)C2CCC2(C)C1C(O)C1Cn3cc(C4C(=O)C(CCC(C)C)Cc5c4cc(C4CCCCC4)cc5C4(O)CCOCC4)c4[nH]cc(c43)CCC(C)(CC(O)C3OC3(C)C)C3=C1C2(C)CC3=O. The average Bonchev–Trinajstić information content (AvgIpc) is 1.74. The number of H-pyrrole nitrogens is 1. The molecule has 3 aromatic rings. The highest BCUT2D eigenvalue weighted by atomic mass is 16.6. The van der Waals surface area contributed by atoms with Gasteiger partial charge in [-0.2, -0.15) is 0 Å². The molecule has 16 atom stereocenters. The van der Waals surface area contributed by atoms with Crippen molar-refractivity contribution in [2.75, 3.05) is 20.3 Å². The van der Waals surface area contributed by atoms with Crippen LogP contribution in [0.3, 0.4) is 0 Å². The van der Waals surface area contributed by atoms with Crippen molar-refractivity contribution in [1.29, 1.82) is 0 Å². The normalized spacial score (nSPS) is 41.8. The van der Waals surface area contributed by atoms with Gasteiger partial charge in [-0.05, 0) is 196 Å². The third-order valence-electron chi connectivity index (χ3n) is 27.6. The molecule has 12 nitrogen and oxygen atoms in total. The predicted octanol–water partition coefficient (Wildman–Crippen LogP) is 12.2. The number of hydrogen-bond acceptors (Lipinski definition) is 10. The van der Waals surface area contributed by atoms with E-state index in [9.17, 15) is 20.4 Å². The number of hydrogen-bond donors (Lipinski definition) is 6. The van der Waals surface area contributed by atoms with Crippen LogP contribution in [0.5, 0.6) is 0 Å². The first-order chi connectivity index (χ1) is 40.4. The van der Waals surface area contributed by atoms with Crippen LogP contribution in [0.4, 0.5) is 0 Å². The minimum absolute atomic E-state index is 0.00672. The Balaban J connectivity index is 0.979. The lowest BCUT2D eigenvalue weighted by molar-refractivity contribution is -0.267. The molecule has 14 rings (SSSR count). The van der Waals surface area contributed by atoms with Crippen LogP contribution in [0.1, 0.15) is 242 Å². The zero-order valence-electron chi connectivity index (χ0n) is 53.1. The van der Waals surface area contributed by atoms with Gasteiger partial charge in [0.1, 0.15) is 17.7 Å². The Morgan fingerprint density at radius 2 is 1.61 bits per heavy atom. The van der Waals surface area contributed by atoms with Crippen molar-refractivity contribution >= 4 is 28.4 Å². The molecule has 8 aliphatic carbocycles. The molecule has 5 heterocycles. The molecule has 1 aromatic carbocycles. The Hall–Kier alpha value is -3.49. The van der Waals surface area contributed by atoms with Crippen LogP contribution < -0.4 is 5.32 Å². The van der Waals surface area contributed by atoms with Gasteiger partial charge in [0, 0.05) is 97.7 Å². The summed E-state index contributed by atoms with van der Waals surface area (Å²) < 4.78 is 14.5. The van der Waals surface area contributed by atoms with Gasteiger partial charge in [-0.15, -0.1) is 0 Å². The van der Waals surface area contributed by atoms with Gasteiger partial charge in [-0.25, -0.2) is 0 Å². The van der Waals surface area contributed by atoms with Crippen LogP contribution >= 0.6 is 0 Å². The standard InChI is InChI=1S/C73H103N3O9/c1-41(2)17-18-43-30-48-49(31-45(42-14-11-10-12-15-42)32-52(48)73(83)26-28-84-29-27-73)57(62(43)81)50-39-76-40-51-58-59(67(5,35-54(79)65-66(3,4)85-65)23-19-44-38-75-60(50)61(44)76)53(78)36-69(58,7)68(6)24-21-55-70(8,64(68)63(51)82)71(25-20-47(77)34-71)37-56(80)72(55)22-13-16-46(33-72)74-9/h31-32,38-39,41-43,46-47,51,54-55,57,63-65,74-75,77,79,82-83H,10-30,33-37,40H2,1-9H3. The number of carbonyl (C=O) groups is 3. The van der Waals surface area contributed by atoms with E-state index in [4.69, 9.17) is 9.47 Å². The number of aliphatic hydroxyl groups excluding tert-OH is 3. The van der Waals surface area contributed by atoms with E-state index in [0.717, 1.165) is 121 Å². The molecule has 0 amide bonds. The number of ether oxygens (including phenoxy) is 2. The number of aliphatic hydroxyl groups is 4. The number of allylic oxidation sites excluding steroid dienone is 1. The second kappa shape index (κ2) is 20.5. The summed E-state index contributed by atoms with van der Waals surface area (Å²) >= 11 is 0. The van der Waals surface area contributed by atoms with E-state index in [0.29, 0.717) is 102 Å². The molecule has 8 fully saturated rings. The van der Waals surface area contributed by atoms with Crippen molar-refractivity contribution in [2.24, 2.45) is 62.1 Å². The Morgan fingerprint density at radius 3 is 2.31 bits per heavy atom. The van der Waals surface area contributed by atoms with Gasteiger partial charge in [0.05, 0.1) is 46.5 Å². The van der Waals surface area contributed by atoms with Crippen LogP contribution in [-0.2, 0) is 48.8 Å². The van der Waals surface area contributed by atoms with Crippen LogP contribution in [-0.4, -0.2) is 104 Å². The fourth-order valence-corrected chi connectivity index (χ4v) is 23.0. The van der Waals surface area contributed by atoms with Crippen LogP contribution in [0, 0.1) is 62.1 Å². The lowest BCUT2D eigenvalue weighted by atomic mass is 9.29. The van der Waals surface area contributed by atoms with E-state index in [-0.39, 0.29) is 41.5 Å². The zero-order chi connectivity index (χ0) is 59.8. The second-order valence-electron chi connectivity index (χ2n) is 32.7. The van der Waals surface area contributed by atoms with Gasteiger partial charge in [0.2, 0.25) is 0 Å². The van der Waals surface area contributed by atoms with Crippen molar-refractivity contribution in [3.8, 4) is 0 Å². The highest BCUT2D eigenvalue weighted by Crippen LogP contribution is 2.81. The summed E-state index contributed by atoms with van der Waals surface area (Å²) in [5.41, 5.74) is 5.10. The Bertz CT molecular complexity index is 3210. The number of benzene rings is 1. The maximum atomic E-state index is 16.1. The number of fused-ring (bicyclic) bond motifs is 7. The summed E-state index contributed by atoms with van der Waals surface area (Å²) in [6.07, 6.45) is 20.3. The lowest BCUT2D eigenvalue weighted by Crippen LogP contribution is -2.73. The number of epoxide rings is 1.